The summed E-state index contributed by atoms with van der Waals surface area (Å²) in [7, 11) is 0. The van der Waals surface area contributed by atoms with Crippen LogP contribution in [0.3, 0.4) is 0 Å². The van der Waals surface area contributed by atoms with Gasteiger partial charge in [0.25, 0.3) is 0 Å². The van der Waals surface area contributed by atoms with Gasteiger partial charge >= 0.3 is 0 Å². The number of aryl methyl sites for hydroxylation is 3. The normalized spacial score (nSPS) is 13.9. The first-order valence-electron chi connectivity index (χ1n) is 6.58. The minimum absolute atomic E-state index is 0.857. The molecule has 0 N–H and O–H groups in total. The van der Waals surface area contributed by atoms with Crippen LogP contribution in [0.2, 0.25) is 0 Å². The Hall–Kier alpha value is -1.76. The van der Waals surface area contributed by atoms with Crippen molar-refractivity contribution in [3.63, 3.8) is 0 Å². The third kappa shape index (κ3) is 1.90. The standard InChI is InChI=1S/C17H18O/c1-12-5-3-6-13(2)17(12)15-8-9-16-14(11-15)7-4-10-18-16/h3,5-6,8-9,11H,4,7,10H2,1-2H3. The zero-order chi connectivity index (χ0) is 12.5. The molecule has 1 heteroatoms. The van der Waals surface area contributed by atoms with Crippen molar-refractivity contribution in [2.45, 2.75) is 26.7 Å². The lowest BCUT2D eigenvalue weighted by Gasteiger charge is -2.19. The van der Waals surface area contributed by atoms with Gasteiger partial charge in [0.05, 0.1) is 6.61 Å². The molecule has 1 aliphatic rings. The Morgan fingerprint density at radius 1 is 1.00 bits per heavy atom. The van der Waals surface area contributed by atoms with Crippen molar-refractivity contribution in [2.75, 3.05) is 6.61 Å². The Morgan fingerprint density at radius 3 is 2.56 bits per heavy atom. The van der Waals surface area contributed by atoms with E-state index in [9.17, 15) is 0 Å². The first kappa shape index (κ1) is 11.3. The molecule has 0 atom stereocenters. The van der Waals surface area contributed by atoms with E-state index < -0.39 is 0 Å². The lowest BCUT2D eigenvalue weighted by molar-refractivity contribution is 0.288. The SMILES string of the molecule is Cc1cccc(C)c1-c1ccc2c(c1)CCCO2. The highest BCUT2D eigenvalue weighted by Crippen LogP contribution is 2.33. The van der Waals surface area contributed by atoms with Crippen LogP contribution < -0.4 is 4.74 Å². The Bertz CT molecular complexity index is 564. The number of fused-ring (bicyclic) bond motifs is 1. The topological polar surface area (TPSA) is 9.23 Å². The molecule has 0 fully saturated rings. The second-order valence-corrected chi connectivity index (χ2v) is 5.04. The average molecular weight is 238 g/mol. The van der Waals surface area contributed by atoms with E-state index >= 15 is 0 Å². The van der Waals surface area contributed by atoms with Crippen molar-refractivity contribution >= 4 is 0 Å². The fraction of sp³-hybridized carbons (Fsp3) is 0.294. The van der Waals surface area contributed by atoms with Crippen LogP contribution in [-0.2, 0) is 6.42 Å². The van der Waals surface area contributed by atoms with Crippen LogP contribution in [0.15, 0.2) is 36.4 Å². The third-order valence-corrected chi connectivity index (χ3v) is 3.68. The Kier molecular flexibility index (Phi) is 2.83. The third-order valence-electron chi connectivity index (χ3n) is 3.68. The summed E-state index contributed by atoms with van der Waals surface area (Å²) in [5, 5.41) is 0. The maximum absolute atomic E-state index is 5.67. The summed E-state index contributed by atoms with van der Waals surface area (Å²) in [6.07, 6.45) is 2.26. The van der Waals surface area contributed by atoms with E-state index in [1.165, 1.54) is 27.8 Å². The van der Waals surface area contributed by atoms with Gasteiger partial charge in [-0.05, 0) is 66.6 Å². The summed E-state index contributed by atoms with van der Waals surface area (Å²) in [6.45, 7) is 5.21. The van der Waals surface area contributed by atoms with E-state index in [1.54, 1.807) is 0 Å². The van der Waals surface area contributed by atoms with Gasteiger partial charge in [-0.25, -0.2) is 0 Å². The number of hydrogen-bond acceptors (Lipinski definition) is 1. The van der Waals surface area contributed by atoms with E-state index in [4.69, 9.17) is 4.74 Å². The van der Waals surface area contributed by atoms with Gasteiger partial charge in [-0.2, -0.15) is 0 Å². The quantitative estimate of drug-likeness (QED) is 0.720. The lowest BCUT2D eigenvalue weighted by atomic mass is 9.93. The molecule has 3 rings (SSSR count). The molecule has 0 unspecified atom stereocenters. The molecule has 2 aromatic rings. The predicted octanol–water partition coefficient (Wildman–Crippen LogP) is 4.30. The number of hydrogen-bond donors (Lipinski definition) is 0. The molecule has 0 saturated heterocycles. The highest BCUT2D eigenvalue weighted by molar-refractivity contribution is 5.72. The van der Waals surface area contributed by atoms with Gasteiger partial charge in [0.15, 0.2) is 0 Å². The molecular weight excluding hydrogens is 220 g/mol. The second-order valence-electron chi connectivity index (χ2n) is 5.04. The smallest absolute Gasteiger partial charge is 0.122 e. The van der Waals surface area contributed by atoms with Crippen LogP contribution in [-0.4, -0.2) is 6.61 Å². The van der Waals surface area contributed by atoms with Crippen LogP contribution in [0.25, 0.3) is 11.1 Å². The first-order chi connectivity index (χ1) is 8.75. The first-order valence-corrected chi connectivity index (χ1v) is 6.58. The van der Waals surface area contributed by atoms with E-state index in [1.807, 2.05) is 0 Å². The molecule has 0 radical (unpaired) electrons. The summed E-state index contributed by atoms with van der Waals surface area (Å²) in [5.74, 6) is 1.07. The molecular formula is C17H18O. The molecule has 0 saturated carbocycles. The van der Waals surface area contributed by atoms with Crippen LogP contribution in [0.5, 0.6) is 5.75 Å². The van der Waals surface area contributed by atoms with Crippen molar-refractivity contribution < 1.29 is 4.74 Å². The van der Waals surface area contributed by atoms with Crippen LogP contribution >= 0.6 is 0 Å². The van der Waals surface area contributed by atoms with Gasteiger partial charge in [-0.1, -0.05) is 24.3 Å². The van der Waals surface area contributed by atoms with Gasteiger partial charge in [-0.15, -0.1) is 0 Å². The molecule has 1 nitrogen and oxygen atoms in total. The van der Waals surface area contributed by atoms with Gasteiger partial charge in [0.1, 0.15) is 5.75 Å². The lowest BCUT2D eigenvalue weighted by Crippen LogP contribution is -2.08. The number of rotatable bonds is 1. The molecule has 0 aromatic heterocycles. The van der Waals surface area contributed by atoms with E-state index in [0.29, 0.717) is 0 Å². The Balaban J connectivity index is 2.12. The van der Waals surface area contributed by atoms with Gasteiger partial charge in [0.2, 0.25) is 0 Å². The van der Waals surface area contributed by atoms with Crippen molar-refractivity contribution in [1.82, 2.24) is 0 Å². The maximum Gasteiger partial charge on any atom is 0.122 e. The zero-order valence-corrected chi connectivity index (χ0v) is 11.0. The largest absolute Gasteiger partial charge is 0.493 e. The van der Waals surface area contributed by atoms with Crippen molar-refractivity contribution in [1.29, 1.82) is 0 Å². The van der Waals surface area contributed by atoms with E-state index in [0.717, 1.165) is 25.2 Å². The van der Waals surface area contributed by atoms with Gasteiger partial charge in [-0.3, -0.25) is 0 Å². The molecule has 0 bridgehead atoms. The van der Waals surface area contributed by atoms with Crippen LogP contribution in [0.1, 0.15) is 23.1 Å². The van der Waals surface area contributed by atoms with Crippen molar-refractivity contribution in [3.8, 4) is 16.9 Å². The number of benzene rings is 2. The molecule has 1 aliphatic heterocycles. The van der Waals surface area contributed by atoms with Crippen LogP contribution in [0.4, 0.5) is 0 Å². The van der Waals surface area contributed by atoms with Gasteiger partial charge in [0, 0.05) is 0 Å². The predicted molar refractivity (Wildman–Crippen MR) is 75.2 cm³/mol. The molecule has 18 heavy (non-hydrogen) atoms. The van der Waals surface area contributed by atoms with E-state index in [2.05, 4.69) is 50.2 Å². The monoisotopic (exact) mass is 238 g/mol. The number of ether oxygens (including phenoxy) is 1. The minimum Gasteiger partial charge on any atom is -0.493 e. The average Bonchev–Trinajstić information content (AvgIpc) is 2.38. The summed E-state index contributed by atoms with van der Waals surface area (Å²) in [5.41, 5.74) is 6.71. The fourth-order valence-corrected chi connectivity index (χ4v) is 2.79. The molecule has 0 amide bonds. The molecule has 2 aromatic carbocycles. The van der Waals surface area contributed by atoms with Gasteiger partial charge < -0.3 is 4.74 Å². The van der Waals surface area contributed by atoms with Crippen molar-refractivity contribution in [3.05, 3.63) is 53.1 Å². The summed E-state index contributed by atoms with van der Waals surface area (Å²) >= 11 is 0. The van der Waals surface area contributed by atoms with E-state index in [-0.39, 0.29) is 0 Å². The molecule has 92 valence electrons. The maximum atomic E-state index is 5.67. The second kappa shape index (κ2) is 4.49. The Labute approximate surface area is 108 Å². The highest BCUT2D eigenvalue weighted by Gasteiger charge is 2.12. The minimum atomic E-state index is 0.857. The molecule has 0 spiro atoms. The summed E-state index contributed by atoms with van der Waals surface area (Å²) in [6, 6.07) is 13.1. The van der Waals surface area contributed by atoms with Crippen LogP contribution in [0, 0.1) is 13.8 Å². The summed E-state index contributed by atoms with van der Waals surface area (Å²) in [4.78, 5) is 0. The highest BCUT2D eigenvalue weighted by atomic mass is 16.5. The molecule has 1 heterocycles. The Morgan fingerprint density at radius 2 is 1.78 bits per heavy atom. The molecule has 0 aliphatic carbocycles. The summed E-state index contributed by atoms with van der Waals surface area (Å²) < 4.78 is 5.67. The fourth-order valence-electron chi connectivity index (χ4n) is 2.79. The van der Waals surface area contributed by atoms with Crippen molar-refractivity contribution in [2.24, 2.45) is 0 Å². The zero-order valence-electron chi connectivity index (χ0n) is 11.0.